The number of carbonyl (C=O) groups is 2. The van der Waals surface area contributed by atoms with E-state index in [2.05, 4.69) is 5.32 Å². The van der Waals surface area contributed by atoms with Gasteiger partial charge in [-0.1, -0.05) is 55.3 Å². The van der Waals surface area contributed by atoms with E-state index in [4.69, 9.17) is 11.6 Å². The molecule has 0 saturated carbocycles. The predicted octanol–water partition coefficient (Wildman–Crippen LogP) is 5.32. The van der Waals surface area contributed by atoms with E-state index < -0.39 is 34.3 Å². The molecule has 3 aromatic carbocycles. The van der Waals surface area contributed by atoms with E-state index in [1.54, 1.807) is 50.2 Å². The third-order valence-corrected chi connectivity index (χ3v) is 8.31. The molecule has 1 N–H and O–H groups in total. The van der Waals surface area contributed by atoms with Crippen molar-refractivity contribution in [2.45, 2.75) is 51.1 Å². The molecule has 0 fully saturated rings. The molecule has 10 heteroatoms. The summed E-state index contributed by atoms with van der Waals surface area (Å²) in [6.07, 6.45) is 1.67. The highest BCUT2D eigenvalue weighted by molar-refractivity contribution is 7.92. The third-order valence-electron chi connectivity index (χ3n) is 6.30. The van der Waals surface area contributed by atoms with Crippen LogP contribution in [0.15, 0.2) is 77.7 Å². The van der Waals surface area contributed by atoms with Crippen molar-refractivity contribution >= 4 is 39.1 Å². The summed E-state index contributed by atoms with van der Waals surface area (Å²) >= 11 is 6.12. The molecule has 0 aromatic heterocycles. The summed E-state index contributed by atoms with van der Waals surface area (Å²) in [5.41, 5.74) is 1.45. The highest BCUT2D eigenvalue weighted by Gasteiger charge is 2.33. The van der Waals surface area contributed by atoms with Gasteiger partial charge in [-0.2, -0.15) is 0 Å². The van der Waals surface area contributed by atoms with Crippen LogP contribution < -0.4 is 9.62 Å². The van der Waals surface area contributed by atoms with Crippen LogP contribution in [-0.4, -0.2) is 44.3 Å². The van der Waals surface area contributed by atoms with Gasteiger partial charge in [-0.25, -0.2) is 12.8 Å². The highest BCUT2D eigenvalue weighted by Crippen LogP contribution is 2.29. The molecule has 3 rings (SSSR count). The second-order valence-electron chi connectivity index (χ2n) is 9.22. The zero-order valence-electron chi connectivity index (χ0n) is 22.2. The first-order valence-corrected chi connectivity index (χ1v) is 14.5. The third kappa shape index (κ3) is 7.80. The summed E-state index contributed by atoms with van der Waals surface area (Å²) in [6.45, 7) is 5.18. The average Bonchev–Trinajstić information content (AvgIpc) is 2.91. The Balaban J connectivity index is 2.01. The number of unbranched alkanes of at least 4 members (excludes halogenated alkanes) is 1. The fourth-order valence-corrected chi connectivity index (χ4v) is 5.76. The Kier molecular flexibility index (Phi) is 10.5. The van der Waals surface area contributed by atoms with E-state index in [1.807, 2.05) is 6.92 Å². The molecular formula is C29H33ClFN3O4S. The van der Waals surface area contributed by atoms with Crippen molar-refractivity contribution in [1.82, 2.24) is 10.2 Å². The Morgan fingerprint density at radius 3 is 2.31 bits per heavy atom. The quantitative estimate of drug-likeness (QED) is 0.297. The second kappa shape index (κ2) is 13.6. The molecule has 39 heavy (non-hydrogen) atoms. The number of halogens is 2. The van der Waals surface area contributed by atoms with Gasteiger partial charge in [-0.15, -0.1) is 0 Å². The van der Waals surface area contributed by atoms with Crippen LogP contribution in [-0.2, 0) is 26.2 Å². The second-order valence-corrected chi connectivity index (χ2v) is 11.5. The van der Waals surface area contributed by atoms with Crippen molar-refractivity contribution in [3.63, 3.8) is 0 Å². The van der Waals surface area contributed by atoms with Crippen molar-refractivity contribution in [1.29, 1.82) is 0 Å². The Morgan fingerprint density at radius 1 is 1.03 bits per heavy atom. The molecule has 0 saturated heterocycles. The Bertz CT molecular complexity index is 1390. The Labute approximate surface area is 234 Å². The van der Waals surface area contributed by atoms with Gasteiger partial charge in [0.1, 0.15) is 18.4 Å². The number of carbonyl (C=O) groups excluding carboxylic acids is 2. The summed E-state index contributed by atoms with van der Waals surface area (Å²) in [6, 6.07) is 17.2. The van der Waals surface area contributed by atoms with Crippen LogP contribution >= 0.6 is 11.6 Å². The van der Waals surface area contributed by atoms with Crippen LogP contribution in [0, 0.1) is 12.7 Å². The summed E-state index contributed by atoms with van der Waals surface area (Å²) < 4.78 is 42.2. The first-order valence-electron chi connectivity index (χ1n) is 12.7. The van der Waals surface area contributed by atoms with Crippen LogP contribution in [0.5, 0.6) is 0 Å². The maximum Gasteiger partial charge on any atom is 0.264 e. The molecule has 0 aliphatic carbocycles. The number of hydrogen-bond acceptors (Lipinski definition) is 4. The molecule has 0 bridgehead atoms. The molecule has 0 heterocycles. The van der Waals surface area contributed by atoms with Gasteiger partial charge < -0.3 is 10.2 Å². The van der Waals surface area contributed by atoms with E-state index in [0.29, 0.717) is 28.4 Å². The van der Waals surface area contributed by atoms with Crippen LogP contribution in [0.2, 0.25) is 5.02 Å². The van der Waals surface area contributed by atoms with Crippen molar-refractivity contribution in [3.8, 4) is 0 Å². The molecule has 2 amide bonds. The number of hydrogen-bond donors (Lipinski definition) is 1. The minimum absolute atomic E-state index is 0.0136. The lowest BCUT2D eigenvalue weighted by Crippen LogP contribution is -2.51. The first-order chi connectivity index (χ1) is 18.5. The molecule has 208 valence electrons. The van der Waals surface area contributed by atoms with Gasteiger partial charge in [0.15, 0.2) is 0 Å². The smallest absolute Gasteiger partial charge is 0.264 e. The fourth-order valence-electron chi connectivity index (χ4n) is 4.04. The number of amides is 2. The minimum atomic E-state index is -4.17. The standard InChI is InChI=1S/C29H33ClFN3O4S/c1-4-5-17-32-29(36)22(3)33(19-23-11-14-25(31)15-12-23)28(35)20-34(27-16-13-24(30)18-21(27)2)39(37,38)26-9-7-6-8-10-26/h6-16,18,22H,4-5,17,19-20H2,1-3H3,(H,32,36)/t22-/m1/s1. The lowest BCUT2D eigenvalue weighted by molar-refractivity contribution is -0.139. The van der Waals surface area contributed by atoms with Crippen LogP contribution in [0.3, 0.4) is 0 Å². The average molecular weight is 574 g/mol. The Hall–Kier alpha value is -3.43. The molecule has 0 radical (unpaired) electrons. The number of nitrogens with zero attached hydrogens (tertiary/aromatic N) is 2. The fraction of sp³-hybridized carbons (Fsp3) is 0.310. The minimum Gasteiger partial charge on any atom is -0.354 e. The Morgan fingerprint density at radius 2 is 1.69 bits per heavy atom. The van der Waals surface area contributed by atoms with Crippen LogP contribution in [0.4, 0.5) is 10.1 Å². The van der Waals surface area contributed by atoms with E-state index >= 15 is 0 Å². The topological polar surface area (TPSA) is 86.8 Å². The summed E-state index contributed by atoms with van der Waals surface area (Å²) in [4.78, 5) is 28.2. The molecule has 0 aliphatic rings. The van der Waals surface area contributed by atoms with Gasteiger partial charge in [0.05, 0.1) is 10.6 Å². The highest BCUT2D eigenvalue weighted by atomic mass is 35.5. The van der Waals surface area contributed by atoms with E-state index in [9.17, 15) is 22.4 Å². The molecule has 1 atom stereocenters. The number of aryl methyl sites for hydroxylation is 1. The number of nitrogens with one attached hydrogen (secondary N) is 1. The van der Waals surface area contributed by atoms with E-state index in [1.165, 1.54) is 41.3 Å². The molecular weight excluding hydrogens is 541 g/mol. The number of rotatable bonds is 12. The number of benzene rings is 3. The van der Waals surface area contributed by atoms with Gasteiger partial charge in [0.2, 0.25) is 11.8 Å². The van der Waals surface area contributed by atoms with Gasteiger partial charge in [0, 0.05) is 18.1 Å². The molecule has 0 unspecified atom stereocenters. The largest absolute Gasteiger partial charge is 0.354 e. The van der Waals surface area contributed by atoms with Crippen molar-refractivity contribution in [2.75, 3.05) is 17.4 Å². The summed E-state index contributed by atoms with van der Waals surface area (Å²) in [7, 11) is -4.17. The molecule has 0 aliphatic heterocycles. The van der Waals surface area contributed by atoms with Crippen molar-refractivity contribution in [2.24, 2.45) is 0 Å². The number of sulfonamides is 1. The van der Waals surface area contributed by atoms with Crippen molar-refractivity contribution in [3.05, 3.63) is 94.8 Å². The molecule has 7 nitrogen and oxygen atoms in total. The monoisotopic (exact) mass is 573 g/mol. The zero-order valence-corrected chi connectivity index (χ0v) is 23.8. The van der Waals surface area contributed by atoms with E-state index in [-0.39, 0.29) is 17.3 Å². The van der Waals surface area contributed by atoms with Crippen LogP contribution in [0.1, 0.15) is 37.8 Å². The normalized spacial score (nSPS) is 12.0. The first kappa shape index (κ1) is 30.1. The zero-order chi connectivity index (χ0) is 28.6. The van der Waals surface area contributed by atoms with Gasteiger partial charge in [-0.3, -0.25) is 13.9 Å². The van der Waals surface area contributed by atoms with E-state index in [0.717, 1.165) is 17.1 Å². The lowest BCUT2D eigenvalue weighted by atomic mass is 10.1. The molecule has 3 aromatic rings. The maximum atomic E-state index is 13.9. The van der Waals surface area contributed by atoms with Crippen molar-refractivity contribution < 1.29 is 22.4 Å². The summed E-state index contributed by atoms with van der Waals surface area (Å²) in [5, 5.41) is 3.26. The number of anilines is 1. The summed E-state index contributed by atoms with van der Waals surface area (Å²) in [5.74, 6) is -1.38. The predicted molar refractivity (Wildman–Crippen MR) is 151 cm³/mol. The van der Waals surface area contributed by atoms with Gasteiger partial charge >= 0.3 is 0 Å². The SMILES string of the molecule is CCCCNC(=O)[C@@H](C)N(Cc1ccc(F)cc1)C(=O)CN(c1ccc(Cl)cc1C)S(=O)(=O)c1ccccc1. The molecule has 0 spiro atoms. The van der Waals surface area contributed by atoms with Crippen LogP contribution in [0.25, 0.3) is 0 Å². The lowest BCUT2D eigenvalue weighted by Gasteiger charge is -2.32. The van der Waals surface area contributed by atoms with Gasteiger partial charge in [0.25, 0.3) is 10.0 Å². The van der Waals surface area contributed by atoms with Gasteiger partial charge in [-0.05, 0) is 73.9 Å². The maximum absolute atomic E-state index is 13.9.